The number of carbonyl (C=O) groups excluding carboxylic acids is 1. The van der Waals surface area contributed by atoms with Crippen LogP contribution in [0.4, 0.5) is 4.79 Å². The Hall–Kier alpha value is -3.95. The van der Waals surface area contributed by atoms with Gasteiger partial charge in [-0.1, -0.05) is 49.0 Å². The van der Waals surface area contributed by atoms with Crippen molar-refractivity contribution in [3.63, 3.8) is 0 Å². The maximum Gasteiger partial charge on any atom is 0.410 e. The van der Waals surface area contributed by atoms with E-state index in [4.69, 9.17) is 9.47 Å². The van der Waals surface area contributed by atoms with Gasteiger partial charge < -0.3 is 19.8 Å². The van der Waals surface area contributed by atoms with E-state index in [0.29, 0.717) is 25.8 Å². The number of benzene rings is 2. The van der Waals surface area contributed by atoms with E-state index in [1.54, 1.807) is 4.90 Å². The van der Waals surface area contributed by atoms with E-state index in [-0.39, 0.29) is 12.1 Å². The van der Waals surface area contributed by atoms with Crippen LogP contribution in [0.25, 0.3) is 17.0 Å². The lowest BCUT2D eigenvalue weighted by molar-refractivity contribution is 0.0218. The number of hydrogen-bond acceptors (Lipinski definition) is 6. The number of rotatable bonds is 9. The zero-order chi connectivity index (χ0) is 31.3. The number of amidine groups is 1. The summed E-state index contributed by atoms with van der Waals surface area (Å²) in [4.78, 5) is 29.5. The second kappa shape index (κ2) is 13.8. The number of likely N-dealkylation sites (tertiary alicyclic amines) is 2. The molecule has 0 saturated carbocycles. The Morgan fingerprint density at radius 2 is 1.84 bits per heavy atom. The molecule has 9 nitrogen and oxygen atoms in total. The monoisotopic (exact) mass is 598 g/mol. The number of hydrogen-bond donors (Lipinski definition) is 2. The summed E-state index contributed by atoms with van der Waals surface area (Å²) in [6, 6.07) is 16.8. The number of aromatic nitrogens is 2. The predicted octanol–water partition coefficient (Wildman–Crippen LogP) is 6.55. The van der Waals surface area contributed by atoms with Crippen molar-refractivity contribution >= 4 is 17.6 Å². The maximum atomic E-state index is 12.8. The summed E-state index contributed by atoms with van der Waals surface area (Å²) in [7, 11) is 3.98. The molecule has 9 heteroatoms. The number of ether oxygens (including phenoxy) is 2. The number of likely N-dealkylation sites (N-methyl/N-ethyl adjacent to an activating group) is 1. The molecule has 2 N–H and O–H groups in total. The summed E-state index contributed by atoms with van der Waals surface area (Å²) >= 11 is 0. The van der Waals surface area contributed by atoms with Crippen LogP contribution in [-0.2, 0) is 22.7 Å². The summed E-state index contributed by atoms with van der Waals surface area (Å²) in [5.41, 5.74) is 5.47. The average Bonchev–Trinajstić information content (AvgIpc) is 3.76. The number of nitrogens with one attached hydrogen (secondary N) is 2. The Kier molecular flexibility index (Phi) is 9.86. The predicted molar refractivity (Wildman–Crippen MR) is 175 cm³/mol. The van der Waals surface area contributed by atoms with Crippen LogP contribution >= 0.6 is 0 Å². The molecule has 234 valence electrons. The summed E-state index contributed by atoms with van der Waals surface area (Å²) in [5.74, 6) is 1.76. The van der Waals surface area contributed by atoms with Crippen LogP contribution < -0.4 is 5.32 Å². The maximum absolute atomic E-state index is 12.8. The van der Waals surface area contributed by atoms with E-state index in [1.165, 1.54) is 6.42 Å². The Bertz CT molecular complexity index is 1470. The molecule has 2 unspecified atom stereocenters. The minimum atomic E-state index is -0.530. The molecule has 3 aromatic rings. The first-order valence-electron chi connectivity index (χ1n) is 15.5. The van der Waals surface area contributed by atoms with Gasteiger partial charge in [-0.3, -0.25) is 14.8 Å². The Morgan fingerprint density at radius 3 is 2.55 bits per heavy atom. The molecule has 0 bridgehead atoms. The zero-order valence-corrected chi connectivity index (χ0v) is 26.7. The third-order valence-electron chi connectivity index (χ3n) is 8.23. The zero-order valence-electron chi connectivity index (χ0n) is 26.7. The van der Waals surface area contributed by atoms with Gasteiger partial charge in [-0.05, 0) is 88.4 Å². The van der Waals surface area contributed by atoms with Gasteiger partial charge in [0.2, 0.25) is 0 Å². The molecule has 1 amide bonds. The fourth-order valence-electron chi connectivity index (χ4n) is 5.93. The van der Waals surface area contributed by atoms with Crippen LogP contribution in [0.15, 0.2) is 66.3 Å². The SMILES string of the molecule is C=C(NC(=NC)C1CCCN1C)c1ccc(COCc2cccc(-c3cnc(C4CCCN4C(=O)OC(C)(C)C)[nH]3)c2)cc1. The summed E-state index contributed by atoms with van der Waals surface area (Å²) in [5, 5.41) is 3.44. The third-order valence-corrected chi connectivity index (χ3v) is 8.23. The van der Waals surface area contributed by atoms with Gasteiger partial charge in [0, 0.05) is 19.3 Å². The molecule has 0 spiro atoms. The Morgan fingerprint density at radius 1 is 1.09 bits per heavy atom. The normalized spacial score (nSPS) is 19.4. The van der Waals surface area contributed by atoms with E-state index in [1.807, 2.05) is 40.1 Å². The lowest BCUT2D eigenvalue weighted by Gasteiger charge is -2.27. The molecule has 44 heavy (non-hydrogen) atoms. The number of carbonyl (C=O) groups is 1. The molecule has 2 saturated heterocycles. The van der Waals surface area contributed by atoms with E-state index in [0.717, 1.165) is 71.1 Å². The van der Waals surface area contributed by atoms with Crippen LogP contribution in [0.2, 0.25) is 0 Å². The van der Waals surface area contributed by atoms with E-state index >= 15 is 0 Å². The molecule has 0 aliphatic carbocycles. The van der Waals surface area contributed by atoms with Crippen molar-refractivity contribution in [3.05, 3.63) is 83.8 Å². The van der Waals surface area contributed by atoms with E-state index in [9.17, 15) is 4.79 Å². The Labute approximate surface area is 261 Å². The van der Waals surface area contributed by atoms with Crippen molar-refractivity contribution in [2.75, 3.05) is 27.2 Å². The van der Waals surface area contributed by atoms with Gasteiger partial charge in [0.1, 0.15) is 17.3 Å². The van der Waals surface area contributed by atoms with Crippen molar-refractivity contribution in [1.29, 1.82) is 0 Å². The van der Waals surface area contributed by atoms with Crippen molar-refractivity contribution in [3.8, 4) is 11.3 Å². The van der Waals surface area contributed by atoms with Gasteiger partial charge >= 0.3 is 6.09 Å². The van der Waals surface area contributed by atoms with Gasteiger partial charge in [-0.25, -0.2) is 9.78 Å². The van der Waals surface area contributed by atoms with Crippen LogP contribution in [0.3, 0.4) is 0 Å². The highest BCUT2D eigenvalue weighted by Crippen LogP contribution is 2.33. The fourth-order valence-corrected chi connectivity index (χ4v) is 5.93. The highest BCUT2D eigenvalue weighted by molar-refractivity contribution is 5.94. The molecule has 1 aromatic heterocycles. The number of amides is 1. The molecule has 3 heterocycles. The first-order valence-corrected chi connectivity index (χ1v) is 15.5. The van der Waals surface area contributed by atoms with Crippen molar-refractivity contribution in [2.45, 2.75) is 77.4 Å². The van der Waals surface area contributed by atoms with Crippen LogP contribution in [0.5, 0.6) is 0 Å². The topological polar surface area (TPSA) is 95.1 Å². The van der Waals surface area contributed by atoms with Gasteiger partial charge in [0.05, 0.1) is 37.2 Å². The molecule has 2 aliphatic heterocycles. The smallest absolute Gasteiger partial charge is 0.410 e. The molecule has 2 aromatic carbocycles. The quantitative estimate of drug-likeness (QED) is 0.214. The molecular weight excluding hydrogens is 552 g/mol. The minimum Gasteiger partial charge on any atom is -0.444 e. The first kappa shape index (κ1) is 31.5. The van der Waals surface area contributed by atoms with Crippen LogP contribution in [0.1, 0.15) is 75.0 Å². The molecule has 5 rings (SSSR count). The first-order chi connectivity index (χ1) is 21.1. The minimum absolute atomic E-state index is 0.111. The van der Waals surface area contributed by atoms with Gasteiger partial charge in [0.25, 0.3) is 0 Å². The number of imidazole rings is 1. The average molecular weight is 599 g/mol. The lowest BCUT2D eigenvalue weighted by atomic mass is 10.1. The highest BCUT2D eigenvalue weighted by Gasteiger charge is 2.35. The fraction of sp³-hybridized carbons (Fsp3) is 0.457. The number of aromatic amines is 1. The lowest BCUT2D eigenvalue weighted by Crippen LogP contribution is -2.40. The second-order valence-corrected chi connectivity index (χ2v) is 12.8. The number of nitrogens with zero attached hydrogens (tertiary/aromatic N) is 4. The van der Waals surface area contributed by atoms with Crippen molar-refractivity contribution < 1.29 is 14.3 Å². The third kappa shape index (κ3) is 7.76. The van der Waals surface area contributed by atoms with E-state index < -0.39 is 5.60 Å². The standard InChI is InChI=1S/C35H46N6O3/c1-24(38-32(36-5)30-12-8-18-40(30)6)27-16-14-25(15-17-27)22-43-23-26-10-7-11-28(20-26)29-21-37-33(39-29)31-13-9-19-41(31)34(42)44-35(2,3)4/h7,10-11,14-17,20-21,30-31H,1,8-9,12-13,18-19,22-23H2,2-6H3,(H,36,38)(H,37,39). The number of aliphatic imine (C=N–C) groups is 1. The largest absolute Gasteiger partial charge is 0.444 e. The number of H-pyrrole nitrogens is 1. The highest BCUT2D eigenvalue weighted by atomic mass is 16.6. The van der Waals surface area contributed by atoms with Crippen molar-refractivity contribution in [1.82, 2.24) is 25.1 Å². The van der Waals surface area contributed by atoms with Gasteiger partial charge in [0.15, 0.2) is 0 Å². The second-order valence-electron chi connectivity index (χ2n) is 12.8. The molecular formula is C35H46N6O3. The van der Waals surface area contributed by atoms with Crippen molar-refractivity contribution in [2.24, 2.45) is 4.99 Å². The van der Waals surface area contributed by atoms with Gasteiger partial charge in [-0.15, -0.1) is 0 Å². The van der Waals surface area contributed by atoms with E-state index in [2.05, 4.69) is 81.3 Å². The summed E-state index contributed by atoms with van der Waals surface area (Å²) in [6.45, 7) is 12.7. The molecule has 2 fully saturated rings. The van der Waals surface area contributed by atoms with Gasteiger partial charge in [-0.2, -0.15) is 0 Å². The van der Waals surface area contributed by atoms with Crippen LogP contribution in [0, 0.1) is 0 Å². The van der Waals surface area contributed by atoms with Crippen LogP contribution in [-0.4, -0.2) is 70.5 Å². The summed E-state index contributed by atoms with van der Waals surface area (Å²) in [6.07, 6.45) is 5.63. The Balaban J connectivity index is 1.14. The molecule has 0 radical (unpaired) electrons. The molecule has 2 aliphatic rings. The molecule has 2 atom stereocenters. The summed E-state index contributed by atoms with van der Waals surface area (Å²) < 4.78 is 11.7.